The number of phenols is 4. The van der Waals surface area contributed by atoms with Crippen LogP contribution in [-0.4, -0.2) is 157 Å². The Morgan fingerprint density at radius 3 is 1.15 bits per heavy atom. The van der Waals surface area contributed by atoms with Crippen molar-refractivity contribution in [2.24, 2.45) is 66.5 Å². The number of rotatable bonds is 39. The third kappa shape index (κ3) is 24.3. The summed E-state index contributed by atoms with van der Waals surface area (Å²) in [4.78, 5) is 41.7. The van der Waals surface area contributed by atoms with Gasteiger partial charge in [0.1, 0.15) is 65.1 Å². The molecule has 0 saturated heterocycles. The first kappa shape index (κ1) is 101. The molecule has 0 aliphatic carbocycles. The number of aromatic nitrogens is 2. The molecule has 70 heteroatoms. The van der Waals surface area contributed by atoms with Crippen molar-refractivity contribution in [1.29, 1.82) is 0 Å². The van der Waals surface area contributed by atoms with E-state index < -0.39 is 195 Å². The summed E-state index contributed by atoms with van der Waals surface area (Å²) in [7, 11) is -21.0. The maximum absolute atomic E-state index is 13.3. The molecule has 1 aliphatic rings. The van der Waals surface area contributed by atoms with Gasteiger partial charge in [-0.05, 0) is 139 Å². The van der Waals surface area contributed by atoms with Gasteiger partial charge in [0.15, 0.2) is 34.4 Å². The number of aliphatic carboxylic acids is 1. The van der Waals surface area contributed by atoms with Crippen LogP contribution in [0.25, 0.3) is 27.2 Å². The van der Waals surface area contributed by atoms with Crippen molar-refractivity contribution in [1.82, 2.24) is 9.78 Å². The molecule has 0 saturated carbocycles. The number of hydrazone groups is 1. The van der Waals surface area contributed by atoms with Gasteiger partial charge in [0.2, 0.25) is 11.9 Å². The van der Waals surface area contributed by atoms with Crippen molar-refractivity contribution >= 4 is 231 Å². The molecule has 702 valence electrons. The van der Waals surface area contributed by atoms with Crippen LogP contribution in [0.5, 0.6) is 28.9 Å². The van der Waals surface area contributed by atoms with E-state index in [0.717, 1.165) is 83.5 Å². The van der Waals surface area contributed by atoms with E-state index in [0.29, 0.717) is 62.8 Å². The predicted octanol–water partition coefficient (Wildman–Crippen LogP) is 17.1. The zero-order chi connectivity index (χ0) is 97.4. The van der Waals surface area contributed by atoms with E-state index in [1.807, 2.05) is 0 Å². The van der Waals surface area contributed by atoms with E-state index in [1.54, 1.807) is 12.1 Å². The Balaban J connectivity index is 0.000000258. The summed E-state index contributed by atoms with van der Waals surface area (Å²) in [5.74, 6) is -7.71. The van der Waals surface area contributed by atoms with Gasteiger partial charge in [0.25, 0.3) is 57.8 Å². The molecule has 60 nitrogen and oxygen atoms in total. The summed E-state index contributed by atoms with van der Waals surface area (Å²) in [6, 6.07) is 24.3. The summed E-state index contributed by atoms with van der Waals surface area (Å²) in [6.45, 7) is 1.49. The number of hydrogen-bond acceptors (Lipinski definition) is 57. The SMILES string of the molecule is Cc1nn(-c2ccc(SOOO)cc2)c(O)c1N=Nc1ccc(N=Nc2c(SOOO)cc3cc(S(=O)(=O)O)c(N=Nc4ccc([N+](=O)[O-])cc4SOOO)c(O)c3c2O)c(S(=O)(=O)O)c1.O=C(O)C1=NN(c2ccc(SOOO)cc2)C(=O)C1N=Nc1ccc(N=Nc2c(SOOO)cc3cc(S(=O)(=O)O)c(N=Nc4ccc([N+](=O)[O-])cc4SOOO)c(O)c3c2O)c(S(=O)(=O)O)c1. The molecule has 12 rings (SSSR count). The Labute approximate surface area is 765 Å². The van der Waals surface area contributed by atoms with Gasteiger partial charge in [0.05, 0.1) is 141 Å². The fourth-order valence-electron chi connectivity index (χ4n) is 11.0. The van der Waals surface area contributed by atoms with E-state index in [2.05, 4.69) is 128 Å². The molecule has 1 aliphatic heterocycles. The van der Waals surface area contributed by atoms with Crippen LogP contribution in [0.4, 0.5) is 79.6 Å². The van der Waals surface area contributed by atoms with Crippen LogP contribution in [0.1, 0.15) is 5.69 Å². The van der Waals surface area contributed by atoms with E-state index in [4.69, 9.17) is 31.5 Å². The topological polar surface area (TPSA) is 873 Å². The number of carboxylic acid groups (broad SMARTS) is 1. The minimum Gasteiger partial charge on any atom is -0.505 e. The molecule has 0 spiro atoms. The highest BCUT2D eigenvalue weighted by Gasteiger charge is 2.42. The van der Waals surface area contributed by atoms with Gasteiger partial charge in [-0.15, -0.1) is 72.0 Å². The number of aryl methyl sites for hydroxylation is 1. The first-order chi connectivity index (χ1) is 63.6. The number of nitrogens with zero attached hydrogens (tertiary/aromatic N) is 18. The van der Waals surface area contributed by atoms with Gasteiger partial charge in [-0.2, -0.15) is 68.9 Å². The van der Waals surface area contributed by atoms with Gasteiger partial charge in [-0.25, -0.2) is 36.3 Å². The fourth-order valence-corrected chi connectivity index (χ4v) is 16.3. The zero-order valence-corrected chi connectivity index (χ0v) is 72.5. The van der Waals surface area contributed by atoms with Crippen LogP contribution >= 0.6 is 72.3 Å². The third-order valence-corrected chi connectivity index (χ3v) is 23.8. The fraction of sp³-hybridized carbons (Fsp3) is 0.0312. The number of azo groups is 6. The number of phenolic OH excluding ortho intramolecular Hbond substituents is 4. The average molecular weight is 2060 g/mol. The van der Waals surface area contributed by atoms with Crippen molar-refractivity contribution in [2.75, 3.05) is 5.01 Å². The van der Waals surface area contributed by atoms with E-state index >= 15 is 0 Å². The monoisotopic (exact) mass is 2060 g/mol. The second-order valence-corrected chi connectivity index (χ2v) is 34.7. The van der Waals surface area contributed by atoms with Crippen molar-refractivity contribution < 1.29 is 190 Å². The van der Waals surface area contributed by atoms with Gasteiger partial charge in [0, 0.05) is 34.1 Å². The molecule has 0 radical (unpaired) electrons. The number of nitro benzene ring substituents is 2. The summed E-state index contributed by atoms with van der Waals surface area (Å²) >= 11 is 1.88. The van der Waals surface area contributed by atoms with Crippen LogP contribution in [0.15, 0.2) is 261 Å². The number of hydrogen-bond donors (Lipinski definition) is 16. The normalized spacial score (nSPS) is 13.5. The molecule has 1 atom stereocenters. The van der Waals surface area contributed by atoms with Crippen LogP contribution in [0.3, 0.4) is 0 Å². The number of carbonyl (C=O) groups excluding carboxylic acids is 1. The second-order valence-electron chi connectivity index (χ2n) is 24.6. The number of amides is 1. The Hall–Kier alpha value is -13.0. The summed E-state index contributed by atoms with van der Waals surface area (Å²) in [5, 5.41) is 214. The second kappa shape index (κ2) is 44.2. The minimum absolute atomic E-state index is 0.0676. The van der Waals surface area contributed by atoms with E-state index in [-0.39, 0.29) is 102 Å². The molecule has 0 bridgehead atoms. The third-order valence-electron chi connectivity index (χ3n) is 16.6. The molecule has 11 aromatic rings. The van der Waals surface area contributed by atoms with Crippen molar-refractivity contribution in [3.8, 4) is 34.6 Å². The highest BCUT2D eigenvalue weighted by atomic mass is 32.2. The lowest BCUT2D eigenvalue weighted by Crippen LogP contribution is -2.33. The van der Waals surface area contributed by atoms with Crippen molar-refractivity contribution in [3.05, 3.63) is 172 Å². The standard InChI is InChI=1S/C32H21N9O22S5.C32H23N9O20S5/c42-29-24-13(10-23(68(55,56)57)26(30(24)43)37-34-18-8-4-16(41(47)48)12-20(18)65-62-59-50)9-21(66-63-60-51)25(29)36-35-19-7-1-14(11-22(19)67(52,53)54)33-38-27-28(32(45)46)39-40(31(27)44)15-2-5-17(6-3-15)64-61-58-49;1-14-27(32(44)40(39-14)17-3-6-19(7-4-17)62-59-56-47)36-33-16-2-8-21(24(12-16)65(50,51)52)35-37-28-23(64-61-58-49)10-15-11-25(66(53,54)55)29(31(43)26(15)30(28)42)38-34-20-9-5-18(41(45)46)13-22(20)63-60-57-48/h1-12,27,42-43,49-51H,(H,45,46)(H,52,53,54)(H,55,56,57);2-13,42-44,47-49H,1H3,(H,50,51,52)(H,53,54,55). The zero-order valence-electron chi connectivity index (χ0n) is 64.3. The largest absolute Gasteiger partial charge is 0.505 e. The number of benzene rings is 10. The number of carbonyl (C=O) groups is 2. The quantitative estimate of drug-likeness (QED) is 0.00425. The number of fused-ring (bicyclic) bond motifs is 2. The lowest BCUT2D eigenvalue weighted by molar-refractivity contribution is -0.432. The first-order valence-corrected chi connectivity index (χ1v) is 44.2. The Bertz CT molecular complexity index is 7180. The van der Waals surface area contributed by atoms with Crippen LogP contribution in [-0.2, 0) is 106 Å². The lowest BCUT2D eigenvalue weighted by Gasteiger charge is -2.13. The molecule has 1 aromatic heterocycles. The molecule has 10 aromatic carbocycles. The molecule has 16 N–H and O–H groups in total. The lowest BCUT2D eigenvalue weighted by atomic mass is 10.1. The Morgan fingerprint density at radius 1 is 0.410 bits per heavy atom. The molecular weight excluding hydrogens is 2010 g/mol. The number of non-ortho nitro benzene ring substituents is 2. The van der Waals surface area contributed by atoms with Gasteiger partial charge >= 0.3 is 5.97 Å². The highest BCUT2D eigenvalue weighted by molar-refractivity contribution is 7.96. The predicted molar refractivity (Wildman–Crippen MR) is 445 cm³/mol. The maximum Gasteiger partial charge on any atom is 0.355 e. The summed E-state index contributed by atoms with van der Waals surface area (Å²) < 4.78 is 168. The van der Waals surface area contributed by atoms with Gasteiger partial charge < -0.3 is 30.6 Å². The highest BCUT2D eigenvalue weighted by Crippen LogP contribution is 2.55. The number of aromatic hydroxyl groups is 5. The van der Waals surface area contributed by atoms with E-state index in [9.17, 15) is 112 Å². The van der Waals surface area contributed by atoms with Gasteiger partial charge in [-0.1, -0.05) is 30.2 Å². The number of carboxylic acids is 1. The smallest absolute Gasteiger partial charge is 0.355 e. The molecule has 1 unspecified atom stereocenters. The van der Waals surface area contributed by atoms with Crippen LogP contribution < -0.4 is 5.01 Å². The summed E-state index contributed by atoms with van der Waals surface area (Å²) in [5.41, 5.74) is -7.37. The summed E-state index contributed by atoms with van der Waals surface area (Å²) in [6.07, 6.45) is 0. The minimum atomic E-state index is -5.32. The molecule has 0 fully saturated rings. The molecule has 134 heavy (non-hydrogen) atoms. The van der Waals surface area contributed by atoms with Crippen LogP contribution in [0.2, 0.25) is 0 Å². The molecular formula is C64H44N18O42S10. The average Bonchev–Trinajstić information content (AvgIpc) is 1.27. The Kier molecular flexibility index (Phi) is 33.5. The number of anilines is 1. The van der Waals surface area contributed by atoms with Crippen molar-refractivity contribution in [2.45, 2.75) is 61.9 Å². The Morgan fingerprint density at radius 2 is 0.761 bits per heavy atom. The van der Waals surface area contributed by atoms with Crippen LogP contribution in [0, 0.1) is 27.2 Å². The molecule has 2 heterocycles. The molecule has 1 amide bonds. The maximum atomic E-state index is 13.3. The van der Waals surface area contributed by atoms with E-state index in [1.165, 1.54) is 43.3 Å². The van der Waals surface area contributed by atoms with Crippen molar-refractivity contribution in [3.63, 3.8) is 0 Å². The first-order valence-electron chi connectivity index (χ1n) is 34.0. The van der Waals surface area contributed by atoms with Gasteiger partial charge in [-0.3, -0.25) is 43.2 Å². The number of nitro groups is 2.